The maximum absolute atomic E-state index is 11.6. The zero-order chi connectivity index (χ0) is 12.8. The van der Waals surface area contributed by atoms with Crippen molar-refractivity contribution in [1.29, 1.82) is 0 Å². The van der Waals surface area contributed by atoms with Gasteiger partial charge in [0.1, 0.15) is 0 Å². The van der Waals surface area contributed by atoms with E-state index in [0.29, 0.717) is 17.4 Å². The summed E-state index contributed by atoms with van der Waals surface area (Å²) in [6.07, 6.45) is 3.65. The van der Waals surface area contributed by atoms with Gasteiger partial charge in [0.05, 0.1) is 17.2 Å². The Balaban J connectivity index is 1.78. The molecule has 0 aliphatic carbocycles. The number of aryl methyl sites for hydroxylation is 1. The summed E-state index contributed by atoms with van der Waals surface area (Å²) in [4.78, 5) is 0. The Labute approximate surface area is 107 Å². The number of sulfone groups is 1. The van der Waals surface area contributed by atoms with Crippen molar-refractivity contribution < 1.29 is 8.42 Å². The largest absolute Gasteiger partial charge is 0.315 e. The van der Waals surface area contributed by atoms with Gasteiger partial charge in [0, 0.05) is 31.7 Å². The average molecular weight is 269 g/mol. The number of hydrogen-bond acceptors (Lipinski definition) is 4. The standard InChI is InChI=1S/C12H19N3O2S/c1-15-4-2-11(14-15)6-12(8-13-9-12)10-3-5-18(16,17)7-10/h2,4,10,13H,3,5-9H2,1H3. The van der Waals surface area contributed by atoms with Gasteiger partial charge in [-0.05, 0) is 24.8 Å². The smallest absolute Gasteiger partial charge is 0.150 e. The fraction of sp³-hybridized carbons (Fsp3) is 0.750. The van der Waals surface area contributed by atoms with E-state index >= 15 is 0 Å². The molecule has 1 atom stereocenters. The second-order valence-electron chi connectivity index (χ2n) is 5.72. The first-order valence-corrected chi connectivity index (χ1v) is 8.21. The molecule has 0 amide bonds. The number of aromatic nitrogens is 2. The minimum absolute atomic E-state index is 0.109. The number of hydrogen-bond donors (Lipinski definition) is 1. The lowest BCUT2D eigenvalue weighted by Crippen LogP contribution is -2.59. The zero-order valence-corrected chi connectivity index (χ0v) is 11.4. The van der Waals surface area contributed by atoms with E-state index in [-0.39, 0.29) is 5.41 Å². The van der Waals surface area contributed by atoms with E-state index < -0.39 is 9.84 Å². The van der Waals surface area contributed by atoms with Crippen LogP contribution in [0.25, 0.3) is 0 Å². The molecule has 3 heterocycles. The first-order chi connectivity index (χ1) is 8.49. The summed E-state index contributed by atoms with van der Waals surface area (Å²) in [7, 11) is -0.883. The van der Waals surface area contributed by atoms with Crippen LogP contribution in [0.4, 0.5) is 0 Å². The molecule has 0 spiro atoms. The van der Waals surface area contributed by atoms with Crippen LogP contribution in [-0.4, -0.2) is 42.8 Å². The highest BCUT2D eigenvalue weighted by Crippen LogP contribution is 2.41. The first kappa shape index (κ1) is 12.2. The molecule has 0 radical (unpaired) electrons. The van der Waals surface area contributed by atoms with Gasteiger partial charge in [-0.15, -0.1) is 0 Å². The van der Waals surface area contributed by atoms with Crippen LogP contribution in [-0.2, 0) is 23.3 Å². The Morgan fingerprint density at radius 2 is 2.33 bits per heavy atom. The van der Waals surface area contributed by atoms with E-state index in [1.165, 1.54) is 0 Å². The van der Waals surface area contributed by atoms with Crippen molar-refractivity contribution in [2.75, 3.05) is 24.6 Å². The van der Waals surface area contributed by atoms with E-state index in [4.69, 9.17) is 0 Å². The molecule has 18 heavy (non-hydrogen) atoms. The zero-order valence-electron chi connectivity index (χ0n) is 10.6. The molecule has 5 nitrogen and oxygen atoms in total. The summed E-state index contributed by atoms with van der Waals surface area (Å²) in [6, 6.07) is 2.03. The molecule has 0 saturated carbocycles. The lowest BCUT2D eigenvalue weighted by Gasteiger charge is -2.46. The minimum Gasteiger partial charge on any atom is -0.315 e. The molecule has 1 aromatic heterocycles. The third kappa shape index (κ3) is 2.07. The first-order valence-electron chi connectivity index (χ1n) is 6.39. The molecule has 100 valence electrons. The number of nitrogens with zero attached hydrogens (tertiary/aromatic N) is 2. The average Bonchev–Trinajstić information content (AvgIpc) is 2.79. The lowest BCUT2D eigenvalue weighted by molar-refractivity contribution is 0.0910. The summed E-state index contributed by atoms with van der Waals surface area (Å²) in [5.74, 6) is 1.02. The molecule has 2 saturated heterocycles. The van der Waals surface area contributed by atoms with E-state index in [1.807, 2.05) is 19.3 Å². The van der Waals surface area contributed by atoms with E-state index in [2.05, 4.69) is 10.4 Å². The summed E-state index contributed by atoms with van der Waals surface area (Å²) >= 11 is 0. The second kappa shape index (κ2) is 4.06. The highest BCUT2D eigenvalue weighted by molar-refractivity contribution is 7.91. The van der Waals surface area contributed by atoms with Crippen molar-refractivity contribution in [3.63, 3.8) is 0 Å². The Morgan fingerprint density at radius 1 is 1.56 bits per heavy atom. The van der Waals surface area contributed by atoms with Crippen LogP contribution >= 0.6 is 0 Å². The summed E-state index contributed by atoms with van der Waals surface area (Å²) in [6.45, 7) is 1.84. The molecule has 2 aliphatic heterocycles. The molecule has 0 bridgehead atoms. The van der Waals surface area contributed by atoms with E-state index in [9.17, 15) is 8.42 Å². The third-order valence-corrected chi connectivity index (χ3v) is 6.12. The van der Waals surface area contributed by atoms with Gasteiger partial charge in [-0.3, -0.25) is 4.68 Å². The summed E-state index contributed by atoms with van der Waals surface area (Å²) < 4.78 is 25.1. The van der Waals surface area contributed by atoms with Crippen molar-refractivity contribution in [1.82, 2.24) is 15.1 Å². The molecule has 0 aromatic carbocycles. The molecule has 6 heteroatoms. The molecule has 1 unspecified atom stereocenters. The fourth-order valence-corrected chi connectivity index (χ4v) is 5.14. The van der Waals surface area contributed by atoms with Gasteiger partial charge >= 0.3 is 0 Å². The maximum atomic E-state index is 11.6. The van der Waals surface area contributed by atoms with Gasteiger partial charge in [0.2, 0.25) is 0 Å². The predicted octanol–water partition coefficient (Wildman–Crippen LogP) is -0.0131. The summed E-state index contributed by atoms with van der Waals surface area (Å²) in [5, 5.41) is 7.73. The van der Waals surface area contributed by atoms with Gasteiger partial charge < -0.3 is 5.32 Å². The monoisotopic (exact) mass is 269 g/mol. The van der Waals surface area contributed by atoms with Crippen LogP contribution < -0.4 is 5.32 Å². The second-order valence-corrected chi connectivity index (χ2v) is 7.95. The molecule has 1 aromatic rings. The van der Waals surface area contributed by atoms with Crippen molar-refractivity contribution in [2.24, 2.45) is 18.4 Å². The predicted molar refractivity (Wildman–Crippen MR) is 69.0 cm³/mol. The molecule has 1 N–H and O–H groups in total. The van der Waals surface area contributed by atoms with E-state index in [1.54, 1.807) is 4.68 Å². The molecule has 2 fully saturated rings. The Kier molecular flexibility index (Phi) is 2.75. The lowest BCUT2D eigenvalue weighted by atomic mass is 9.67. The third-order valence-electron chi connectivity index (χ3n) is 4.35. The topological polar surface area (TPSA) is 64.0 Å². The van der Waals surface area contributed by atoms with Crippen LogP contribution in [0.1, 0.15) is 12.1 Å². The Bertz CT molecular complexity index is 545. The van der Waals surface area contributed by atoms with Crippen LogP contribution in [0.2, 0.25) is 0 Å². The highest BCUT2D eigenvalue weighted by Gasteiger charge is 2.48. The quantitative estimate of drug-likeness (QED) is 0.838. The molecular formula is C12H19N3O2S. The molecule has 3 rings (SSSR count). The Hall–Kier alpha value is -0.880. The molecule has 2 aliphatic rings. The van der Waals surface area contributed by atoms with Crippen LogP contribution in [0, 0.1) is 11.3 Å². The van der Waals surface area contributed by atoms with E-state index in [0.717, 1.165) is 31.6 Å². The van der Waals surface area contributed by atoms with Gasteiger partial charge in [-0.1, -0.05) is 0 Å². The summed E-state index contributed by atoms with van der Waals surface area (Å²) in [5.41, 5.74) is 1.18. The van der Waals surface area contributed by atoms with Crippen LogP contribution in [0.5, 0.6) is 0 Å². The SMILES string of the molecule is Cn1ccc(CC2(C3CCS(=O)(=O)C3)CNC2)n1. The number of rotatable bonds is 3. The van der Waals surface area contributed by atoms with Crippen molar-refractivity contribution >= 4 is 9.84 Å². The van der Waals surface area contributed by atoms with Crippen LogP contribution in [0.3, 0.4) is 0 Å². The minimum atomic E-state index is -2.80. The molecular weight excluding hydrogens is 250 g/mol. The van der Waals surface area contributed by atoms with Crippen molar-refractivity contribution in [2.45, 2.75) is 12.8 Å². The van der Waals surface area contributed by atoms with Gasteiger partial charge in [0.25, 0.3) is 0 Å². The van der Waals surface area contributed by atoms with Gasteiger partial charge in [0.15, 0.2) is 9.84 Å². The van der Waals surface area contributed by atoms with Crippen LogP contribution in [0.15, 0.2) is 12.3 Å². The van der Waals surface area contributed by atoms with Gasteiger partial charge in [-0.25, -0.2) is 8.42 Å². The number of nitrogens with one attached hydrogen (secondary N) is 1. The van der Waals surface area contributed by atoms with Gasteiger partial charge in [-0.2, -0.15) is 5.10 Å². The fourth-order valence-electron chi connectivity index (χ4n) is 3.20. The highest BCUT2D eigenvalue weighted by atomic mass is 32.2. The Morgan fingerprint density at radius 3 is 2.78 bits per heavy atom. The van der Waals surface area contributed by atoms with Crippen molar-refractivity contribution in [3.8, 4) is 0 Å². The van der Waals surface area contributed by atoms with Crippen molar-refractivity contribution in [3.05, 3.63) is 18.0 Å². The normalized spacial score (nSPS) is 29.1. The maximum Gasteiger partial charge on any atom is 0.150 e.